The number of hydrogen-bond acceptors (Lipinski definition) is 8. The van der Waals surface area contributed by atoms with Crippen molar-refractivity contribution in [2.45, 2.75) is 36.9 Å². The largest absolute Gasteiger partial charge is 0.481 e. The summed E-state index contributed by atoms with van der Waals surface area (Å²) in [6.45, 7) is 0.279. The summed E-state index contributed by atoms with van der Waals surface area (Å²) in [7, 11) is 1.69. The van der Waals surface area contributed by atoms with Crippen molar-refractivity contribution in [3.8, 4) is 11.5 Å². The molecular weight excluding hydrogens is 554 g/mol. The third kappa shape index (κ3) is 5.07. The van der Waals surface area contributed by atoms with E-state index < -0.39 is 42.4 Å². The molecule has 2 atom stereocenters. The standard InChI is InChI=1S/C22H19N3O4.C6H8O7/c1-24-10-19(26)25-16(22(24)27)9-14-13-4-2-3-5-15(13)23-20(14)21(25)12-6-7-17-18(8-12)29-11-28-17;7-3(8)1-6(13,5(11)12)2-4(9)10/h2-8,16,21,23H,9-11H2,1H3;13H,1-2H2,(H,7,8)(H,9,10)(H,11,12)/t16-,21-;/m1./s1. The van der Waals surface area contributed by atoms with Gasteiger partial charge in [0.2, 0.25) is 18.6 Å². The van der Waals surface area contributed by atoms with Crippen molar-refractivity contribution < 1.29 is 53.9 Å². The number of rotatable bonds is 6. The minimum atomic E-state index is -2.74. The fourth-order valence-electron chi connectivity index (χ4n) is 5.55. The molecule has 14 heteroatoms. The highest BCUT2D eigenvalue weighted by Gasteiger charge is 2.47. The lowest BCUT2D eigenvalue weighted by atomic mass is 9.86. The number of aliphatic hydroxyl groups is 1. The molecule has 42 heavy (non-hydrogen) atoms. The van der Waals surface area contributed by atoms with Crippen LogP contribution in [0.25, 0.3) is 10.9 Å². The van der Waals surface area contributed by atoms with E-state index in [1.165, 1.54) is 4.90 Å². The fourth-order valence-corrected chi connectivity index (χ4v) is 5.55. The van der Waals surface area contributed by atoms with E-state index in [-0.39, 0.29) is 31.2 Å². The van der Waals surface area contributed by atoms with Crippen molar-refractivity contribution in [1.29, 1.82) is 0 Å². The first-order valence-corrected chi connectivity index (χ1v) is 12.8. The molecule has 0 bridgehead atoms. The molecule has 1 fully saturated rings. The van der Waals surface area contributed by atoms with Crippen LogP contribution in [0, 0.1) is 0 Å². The number of likely N-dealkylation sites (N-methyl/N-ethyl adjacent to an activating group) is 1. The van der Waals surface area contributed by atoms with Crippen molar-refractivity contribution in [2.75, 3.05) is 20.4 Å². The smallest absolute Gasteiger partial charge is 0.336 e. The number of ether oxygens (including phenoxy) is 2. The molecule has 0 saturated carbocycles. The number of amides is 2. The maximum atomic E-state index is 13.1. The van der Waals surface area contributed by atoms with Gasteiger partial charge < -0.3 is 44.7 Å². The van der Waals surface area contributed by atoms with Crippen LogP contribution in [0.5, 0.6) is 11.5 Å². The van der Waals surface area contributed by atoms with Gasteiger partial charge in [-0.25, -0.2) is 4.79 Å². The highest BCUT2D eigenvalue weighted by molar-refractivity contribution is 5.97. The summed E-state index contributed by atoms with van der Waals surface area (Å²) in [5.74, 6) is -3.74. The Labute approximate surface area is 237 Å². The molecule has 0 aliphatic carbocycles. The summed E-state index contributed by atoms with van der Waals surface area (Å²) < 4.78 is 11.0. The molecule has 1 aromatic heterocycles. The number of fused-ring (bicyclic) bond motifs is 5. The average molecular weight is 582 g/mol. The van der Waals surface area contributed by atoms with Crippen molar-refractivity contribution in [2.24, 2.45) is 0 Å². The molecule has 3 aliphatic heterocycles. The first-order chi connectivity index (χ1) is 19.9. The average Bonchev–Trinajstić information content (AvgIpc) is 3.54. The predicted octanol–water partition coefficient (Wildman–Crippen LogP) is 0.963. The van der Waals surface area contributed by atoms with E-state index in [0.29, 0.717) is 17.9 Å². The molecule has 0 radical (unpaired) electrons. The summed E-state index contributed by atoms with van der Waals surface area (Å²) in [6.07, 6.45) is -1.78. The number of carbonyl (C=O) groups excluding carboxylic acids is 2. The first-order valence-electron chi connectivity index (χ1n) is 12.8. The van der Waals surface area contributed by atoms with Crippen molar-refractivity contribution in [1.82, 2.24) is 14.8 Å². The van der Waals surface area contributed by atoms with Gasteiger partial charge in [-0.15, -0.1) is 0 Å². The van der Waals surface area contributed by atoms with Crippen molar-refractivity contribution in [3.63, 3.8) is 0 Å². The zero-order valence-electron chi connectivity index (χ0n) is 22.3. The Morgan fingerprint density at radius 1 is 1.00 bits per heavy atom. The van der Waals surface area contributed by atoms with Gasteiger partial charge in [-0.3, -0.25) is 19.2 Å². The fraction of sp³-hybridized carbons (Fsp3) is 0.321. The number of carboxylic acids is 3. The van der Waals surface area contributed by atoms with Crippen LogP contribution in [0.2, 0.25) is 0 Å². The van der Waals surface area contributed by atoms with Crippen molar-refractivity contribution >= 4 is 40.6 Å². The van der Waals surface area contributed by atoms with E-state index in [1.54, 1.807) is 11.9 Å². The van der Waals surface area contributed by atoms with Crippen LogP contribution in [0.4, 0.5) is 0 Å². The van der Waals surface area contributed by atoms with E-state index in [4.69, 9.17) is 29.9 Å². The molecule has 5 N–H and O–H groups in total. The van der Waals surface area contributed by atoms with Crippen LogP contribution in [0.3, 0.4) is 0 Å². The second-order valence-corrected chi connectivity index (χ2v) is 10.3. The van der Waals surface area contributed by atoms with Crippen LogP contribution in [0.1, 0.15) is 35.7 Å². The summed E-state index contributed by atoms with van der Waals surface area (Å²) in [5.41, 5.74) is 1.24. The summed E-state index contributed by atoms with van der Waals surface area (Å²) in [5, 5.41) is 34.9. The minimum Gasteiger partial charge on any atom is -0.481 e. The van der Waals surface area contributed by atoms with Gasteiger partial charge in [0, 0.05) is 30.1 Å². The Kier molecular flexibility index (Phi) is 7.24. The van der Waals surface area contributed by atoms with Gasteiger partial charge in [0.15, 0.2) is 17.1 Å². The summed E-state index contributed by atoms with van der Waals surface area (Å²) in [6, 6.07) is 12.9. The Hall–Kier alpha value is -5.11. The highest BCUT2D eigenvalue weighted by atomic mass is 16.7. The number of H-pyrrole nitrogens is 1. The van der Waals surface area contributed by atoms with Crippen molar-refractivity contribution in [3.05, 3.63) is 59.3 Å². The number of piperazine rings is 1. The minimum absolute atomic E-state index is 0.0220. The lowest BCUT2D eigenvalue weighted by Gasteiger charge is -2.46. The zero-order chi connectivity index (χ0) is 30.3. The number of hydrogen-bond donors (Lipinski definition) is 5. The van der Waals surface area contributed by atoms with Gasteiger partial charge in [-0.2, -0.15) is 0 Å². The highest BCUT2D eigenvalue weighted by Crippen LogP contribution is 2.44. The number of aromatic nitrogens is 1. The quantitative estimate of drug-likeness (QED) is 0.277. The van der Waals surface area contributed by atoms with E-state index in [9.17, 15) is 24.0 Å². The van der Waals surface area contributed by atoms with E-state index in [0.717, 1.165) is 27.7 Å². The van der Waals surface area contributed by atoms with Crippen LogP contribution >= 0.6 is 0 Å². The molecule has 14 nitrogen and oxygen atoms in total. The topological polar surface area (TPSA) is 207 Å². The normalized spacial score (nSPS) is 19.1. The Morgan fingerprint density at radius 3 is 2.33 bits per heavy atom. The Balaban J connectivity index is 0.000000232. The lowest BCUT2D eigenvalue weighted by Crippen LogP contribution is -2.62. The van der Waals surface area contributed by atoms with Gasteiger partial charge in [0.05, 0.1) is 25.4 Å². The molecule has 6 rings (SSSR count). The molecule has 3 aromatic rings. The van der Waals surface area contributed by atoms with Crippen LogP contribution < -0.4 is 9.47 Å². The molecule has 0 unspecified atom stereocenters. The maximum absolute atomic E-state index is 13.1. The number of carbonyl (C=O) groups is 5. The Morgan fingerprint density at radius 2 is 1.67 bits per heavy atom. The van der Waals surface area contributed by atoms with Crippen LogP contribution in [-0.4, -0.2) is 97.0 Å². The number of aliphatic carboxylic acids is 3. The van der Waals surface area contributed by atoms with Gasteiger partial charge in [-0.1, -0.05) is 24.3 Å². The number of benzene rings is 2. The molecule has 3 aliphatic rings. The zero-order valence-corrected chi connectivity index (χ0v) is 22.3. The molecule has 0 spiro atoms. The van der Waals surface area contributed by atoms with Gasteiger partial charge in [0.25, 0.3) is 0 Å². The number of nitrogens with one attached hydrogen (secondary N) is 1. The summed E-state index contributed by atoms with van der Waals surface area (Å²) in [4.78, 5) is 63.4. The Bertz CT molecular complexity index is 1600. The van der Waals surface area contributed by atoms with Crippen LogP contribution in [0.15, 0.2) is 42.5 Å². The second kappa shape index (κ2) is 10.7. The summed E-state index contributed by atoms with van der Waals surface area (Å²) >= 11 is 0. The predicted molar refractivity (Wildman–Crippen MR) is 142 cm³/mol. The third-order valence-corrected chi connectivity index (χ3v) is 7.45. The number of nitrogens with zero attached hydrogens (tertiary/aromatic N) is 2. The molecule has 2 aromatic carbocycles. The molecular formula is C28H27N3O11. The lowest BCUT2D eigenvalue weighted by molar-refractivity contribution is -0.170. The number of para-hydroxylation sites is 1. The third-order valence-electron chi connectivity index (χ3n) is 7.45. The van der Waals surface area contributed by atoms with Gasteiger partial charge >= 0.3 is 17.9 Å². The molecule has 220 valence electrons. The molecule has 2 amide bonds. The number of aromatic amines is 1. The number of carboxylic acid groups (broad SMARTS) is 3. The van der Waals surface area contributed by atoms with Gasteiger partial charge in [-0.05, 0) is 29.3 Å². The first kappa shape index (κ1) is 28.4. The second-order valence-electron chi connectivity index (χ2n) is 10.3. The maximum Gasteiger partial charge on any atom is 0.336 e. The van der Waals surface area contributed by atoms with E-state index >= 15 is 0 Å². The van der Waals surface area contributed by atoms with Gasteiger partial charge in [0.1, 0.15) is 6.04 Å². The molecule has 1 saturated heterocycles. The molecule has 4 heterocycles. The SMILES string of the molecule is CN1CC(=O)N2[C@H](c3ccc4c(c3)OCO4)c3[nH]c4ccccc4c3C[C@@H]2C1=O.O=C(O)CC(O)(CC(=O)O)C(=O)O. The monoisotopic (exact) mass is 581 g/mol. The van der Waals surface area contributed by atoms with Crippen LogP contribution in [-0.2, 0) is 30.4 Å². The van der Waals surface area contributed by atoms with E-state index in [1.807, 2.05) is 36.4 Å². The van der Waals surface area contributed by atoms with E-state index in [2.05, 4.69) is 11.1 Å².